The Balaban J connectivity index is 1.87. The number of hydrogen-bond donors (Lipinski definition) is 1. The minimum Gasteiger partial charge on any atom is -0.618 e. The first-order chi connectivity index (χ1) is 10.6. The van der Waals surface area contributed by atoms with Gasteiger partial charge in [-0.3, -0.25) is 14.9 Å². The third-order valence-electron chi connectivity index (χ3n) is 2.66. The highest BCUT2D eigenvalue weighted by molar-refractivity contribution is 6.05. The van der Waals surface area contributed by atoms with Crippen molar-refractivity contribution in [3.63, 3.8) is 0 Å². The average Bonchev–Trinajstić information content (AvgIpc) is 2.54. The van der Waals surface area contributed by atoms with E-state index in [1.54, 1.807) is 30.3 Å². The first-order valence-electron chi connectivity index (χ1n) is 6.32. The van der Waals surface area contributed by atoms with Crippen molar-refractivity contribution in [1.82, 2.24) is 5.32 Å². The van der Waals surface area contributed by atoms with E-state index in [0.717, 1.165) is 6.20 Å². The third-order valence-corrected chi connectivity index (χ3v) is 2.66. The molecule has 1 N–H and O–H groups in total. The molecular formula is C15H12N2O5. The molecule has 0 aliphatic heterocycles. The number of imide groups is 1. The molecule has 112 valence electrons. The quantitative estimate of drug-likeness (QED) is 0.501. The number of nitrogens with one attached hydrogen (secondary N) is 1. The first-order valence-corrected chi connectivity index (χ1v) is 6.32. The largest absolute Gasteiger partial charge is 0.618 e. The van der Waals surface area contributed by atoms with Crippen LogP contribution in [-0.2, 0) is 9.53 Å². The molecule has 7 heteroatoms. The lowest BCUT2D eigenvalue weighted by Gasteiger charge is -2.06. The number of pyridine rings is 1. The van der Waals surface area contributed by atoms with Crippen molar-refractivity contribution < 1.29 is 23.9 Å². The van der Waals surface area contributed by atoms with Crippen molar-refractivity contribution in [2.24, 2.45) is 0 Å². The van der Waals surface area contributed by atoms with Crippen LogP contribution in [0.25, 0.3) is 0 Å². The zero-order valence-corrected chi connectivity index (χ0v) is 11.4. The molecule has 0 unspecified atom stereocenters. The molecule has 7 nitrogen and oxygen atoms in total. The molecule has 0 saturated heterocycles. The summed E-state index contributed by atoms with van der Waals surface area (Å²) in [6, 6.07) is 12.3. The van der Waals surface area contributed by atoms with E-state index in [-0.39, 0.29) is 5.69 Å². The number of hydrogen-bond acceptors (Lipinski definition) is 5. The molecule has 1 aromatic heterocycles. The van der Waals surface area contributed by atoms with Crippen LogP contribution < -0.4 is 10.0 Å². The lowest BCUT2D eigenvalue weighted by molar-refractivity contribution is -0.608. The van der Waals surface area contributed by atoms with Crippen molar-refractivity contribution in [2.45, 2.75) is 0 Å². The Kier molecular flexibility index (Phi) is 4.81. The first kappa shape index (κ1) is 15.2. The number of rotatable bonds is 4. The topological polar surface area (TPSA) is 99.4 Å². The fourth-order valence-corrected chi connectivity index (χ4v) is 1.62. The van der Waals surface area contributed by atoms with E-state index in [0.29, 0.717) is 10.3 Å². The van der Waals surface area contributed by atoms with Crippen molar-refractivity contribution in [2.75, 3.05) is 6.61 Å². The average molecular weight is 300 g/mol. The Morgan fingerprint density at radius 1 is 1.05 bits per heavy atom. The van der Waals surface area contributed by atoms with E-state index >= 15 is 0 Å². The highest BCUT2D eigenvalue weighted by atomic mass is 16.5. The monoisotopic (exact) mass is 300 g/mol. The van der Waals surface area contributed by atoms with Gasteiger partial charge in [-0.05, 0) is 18.2 Å². The van der Waals surface area contributed by atoms with Crippen LogP contribution in [0.4, 0.5) is 0 Å². The smallest absolute Gasteiger partial charge is 0.405 e. The second-order valence-electron chi connectivity index (χ2n) is 4.23. The fraction of sp³-hybridized carbons (Fsp3) is 0.0667. The zero-order valence-electron chi connectivity index (χ0n) is 11.4. The molecule has 0 aliphatic rings. The zero-order chi connectivity index (χ0) is 15.9. The maximum Gasteiger partial charge on any atom is 0.405 e. The Labute approximate surface area is 125 Å². The van der Waals surface area contributed by atoms with Crippen LogP contribution in [0.3, 0.4) is 0 Å². The maximum atomic E-state index is 11.7. The highest BCUT2D eigenvalue weighted by Crippen LogP contribution is 1.98. The summed E-state index contributed by atoms with van der Waals surface area (Å²) in [5, 5.41) is 13.4. The number of aromatic nitrogens is 1. The van der Waals surface area contributed by atoms with Gasteiger partial charge in [0.05, 0.1) is 0 Å². The van der Waals surface area contributed by atoms with Crippen LogP contribution >= 0.6 is 0 Å². The Morgan fingerprint density at radius 2 is 1.73 bits per heavy atom. The van der Waals surface area contributed by atoms with Gasteiger partial charge in [0, 0.05) is 17.7 Å². The SMILES string of the molecule is O=C(COC(=O)c1cccc[n+]1[O-])NC(=O)c1ccccc1. The van der Waals surface area contributed by atoms with Crippen molar-refractivity contribution in [3.05, 3.63) is 71.2 Å². The Hall–Kier alpha value is -3.22. The number of benzene rings is 1. The van der Waals surface area contributed by atoms with Crippen LogP contribution in [0.5, 0.6) is 0 Å². The number of carbonyl (C=O) groups is 3. The van der Waals surface area contributed by atoms with E-state index in [2.05, 4.69) is 10.1 Å². The third kappa shape index (κ3) is 3.89. The van der Waals surface area contributed by atoms with Gasteiger partial charge in [-0.2, -0.15) is 4.73 Å². The van der Waals surface area contributed by atoms with Gasteiger partial charge in [-0.15, -0.1) is 0 Å². The lowest BCUT2D eigenvalue weighted by atomic mass is 10.2. The summed E-state index contributed by atoms with van der Waals surface area (Å²) in [5.41, 5.74) is 0.0623. The Bertz CT molecular complexity index is 700. The second kappa shape index (κ2) is 6.98. The van der Waals surface area contributed by atoms with E-state index in [9.17, 15) is 19.6 Å². The molecule has 0 bridgehead atoms. The van der Waals surface area contributed by atoms with Crippen LogP contribution in [0.2, 0.25) is 0 Å². The molecule has 2 rings (SSSR count). The molecule has 1 heterocycles. The predicted molar refractivity (Wildman–Crippen MR) is 74.6 cm³/mol. The summed E-state index contributed by atoms with van der Waals surface area (Å²) in [4.78, 5) is 34.9. The summed E-state index contributed by atoms with van der Waals surface area (Å²) in [6.07, 6.45) is 1.13. The highest BCUT2D eigenvalue weighted by Gasteiger charge is 2.19. The number of carbonyl (C=O) groups excluding carboxylic acids is 3. The van der Waals surface area contributed by atoms with Crippen molar-refractivity contribution in [1.29, 1.82) is 0 Å². The molecule has 0 aliphatic carbocycles. The number of nitrogens with zero attached hydrogens (tertiary/aromatic N) is 1. The molecule has 0 spiro atoms. The summed E-state index contributed by atoms with van der Waals surface area (Å²) in [6.45, 7) is -0.660. The minimum atomic E-state index is -0.946. The maximum absolute atomic E-state index is 11.7. The van der Waals surface area contributed by atoms with Crippen LogP contribution in [0, 0.1) is 5.21 Å². The minimum absolute atomic E-state index is 0.246. The molecule has 2 amide bonds. The van der Waals surface area contributed by atoms with E-state index in [4.69, 9.17) is 0 Å². The molecule has 0 saturated carbocycles. The lowest BCUT2D eigenvalue weighted by Crippen LogP contribution is -2.37. The molecule has 22 heavy (non-hydrogen) atoms. The van der Waals surface area contributed by atoms with Crippen molar-refractivity contribution in [3.8, 4) is 0 Å². The van der Waals surface area contributed by atoms with Crippen LogP contribution in [0.15, 0.2) is 54.7 Å². The molecular weight excluding hydrogens is 288 g/mol. The fourth-order valence-electron chi connectivity index (χ4n) is 1.62. The van der Waals surface area contributed by atoms with E-state index in [1.807, 2.05) is 0 Å². The van der Waals surface area contributed by atoms with Crippen molar-refractivity contribution >= 4 is 17.8 Å². The van der Waals surface area contributed by atoms with Gasteiger partial charge >= 0.3 is 11.7 Å². The molecule has 1 aromatic carbocycles. The van der Waals surface area contributed by atoms with E-state index in [1.165, 1.54) is 18.2 Å². The van der Waals surface area contributed by atoms with Gasteiger partial charge in [0.1, 0.15) is 0 Å². The van der Waals surface area contributed by atoms with Gasteiger partial charge in [0.15, 0.2) is 12.8 Å². The molecule has 0 fully saturated rings. The predicted octanol–water partition coefficient (Wildman–Crippen LogP) is 0.433. The summed E-state index contributed by atoms with van der Waals surface area (Å²) < 4.78 is 5.01. The van der Waals surface area contributed by atoms with Crippen LogP contribution in [-0.4, -0.2) is 24.4 Å². The summed E-state index contributed by atoms with van der Waals surface area (Å²) in [7, 11) is 0. The van der Waals surface area contributed by atoms with Gasteiger partial charge < -0.3 is 9.94 Å². The molecule has 0 atom stereocenters. The number of ether oxygens (including phenoxy) is 1. The second-order valence-corrected chi connectivity index (χ2v) is 4.23. The van der Waals surface area contributed by atoms with Gasteiger partial charge in [-0.25, -0.2) is 4.79 Å². The Morgan fingerprint density at radius 3 is 2.41 bits per heavy atom. The van der Waals surface area contributed by atoms with E-state index < -0.39 is 24.4 Å². The number of amides is 2. The molecule has 0 radical (unpaired) electrons. The molecule has 2 aromatic rings. The van der Waals surface area contributed by atoms with Gasteiger partial charge in [0.25, 0.3) is 11.8 Å². The normalized spacial score (nSPS) is 9.82. The summed E-state index contributed by atoms with van der Waals surface area (Å²) in [5.74, 6) is -2.33. The number of esters is 1. The summed E-state index contributed by atoms with van der Waals surface area (Å²) >= 11 is 0. The van der Waals surface area contributed by atoms with Crippen LogP contribution in [0.1, 0.15) is 20.8 Å². The van der Waals surface area contributed by atoms with Gasteiger partial charge in [0.2, 0.25) is 0 Å². The standard InChI is InChI=1S/C15H12N2O5/c18-13(16-14(19)11-6-2-1-3-7-11)10-22-15(20)12-8-4-5-9-17(12)21/h1-9H,10H2,(H,16,18,19). The van der Waals surface area contributed by atoms with Gasteiger partial charge in [-0.1, -0.05) is 18.2 Å².